The Labute approximate surface area is 127 Å². The summed E-state index contributed by atoms with van der Waals surface area (Å²) in [6.07, 6.45) is 9.38. The number of unbranched alkanes of at least 4 members (excludes halogenated alkanes) is 3. The third kappa shape index (κ3) is 5.82. The zero-order valence-corrected chi connectivity index (χ0v) is 13.8. The molecule has 0 radical (unpaired) electrons. The van der Waals surface area contributed by atoms with E-state index < -0.39 is 6.10 Å². The normalized spacial score (nSPS) is 15.1. The molecule has 0 aromatic carbocycles. The van der Waals surface area contributed by atoms with Gasteiger partial charge in [0.2, 0.25) is 0 Å². The molecule has 0 aliphatic rings. The molecule has 0 unspecified atom stereocenters. The van der Waals surface area contributed by atoms with Crippen LogP contribution in [0.4, 0.5) is 0 Å². The van der Waals surface area contributed by atoms with Gasteiger partial charge in [0, 0.05) is 10.9 Å². The smallest absolute Gasteiger partial charge is 0.104 e. The third-order valence-electron chi connectivity index (χ3n) is 2.84. The summed E-state index contributed by atoms with van der Waals surface area (Å²) in [6, 6.07) is 3.76. The number of hydrogen-bond donors (Lipinski definition) is 2. The fourth-order valence-electron chi connectivity index (χ4n) is 1.71. The number of rotatable bonds is 8. The highest BCUT2D eigenvalue weighted by Gasteiger charge is 2.17. The van der Waals surface area contributed by atoms with Crippen LogP contribution < -0.4 is 5.73 Å². The van der Waals surface area contributed by atoms with Crippen LogP contribution in [0.15, 0.2) is 24.3 Å². The number of thiophene rings is 1. The van der Waals surface area contributed by atoms with Crippen LogP contribution in [0.5, 0.6) is 0 Å². The van der Waals surface area contributed by atoms with Crippen molar-refractivity contribution in [3.8, 4) is 0 Å². The first kappa shape index (κ1) is 16.1. The molecule has 1 aromatic heterocycles. The highest BCUT2D eigenvalue weighted by molar-refractivity contribution is 14.1. The van der Waals surface area contributed by atoms with Crippen LogP contribution in [-0.2, 0) is 0 Å². The van der Waals surface area contributed by atoms with Crippen LogP contribution in [-0.4, -0.2) is 11.1 Å². The molecule has 0 aliphatic heterocycles. The van der Waals surface area contributed by atoms with Gasteiger partial charge in [-0.1, -0.05) is 31.9 Å². The minimum atomic E-state index is -0.543. The quantitative estimate of drug-likeness (QED) is 0.403. The molecular weight excluding hydrogens is 357 g/mol. The molecule has 4 heteroatoms. The fourth-order valence-corrected chi connectivity index (χ4v) is 3.45. The molecule has 0 amide bonds. The molecule has 0 fully saturated rings. The monoisotopic (exact) mass is 379 g/mol. The fraction of sp³-hybridized carbons (Fsp3) is 0.571. The van der Waals surface area contributed by atoms with Gasteiger partial charge in [0.1, 0.15) is 6.10 Å². The maximum atomic E-state index is 10.1. The Morgan fingerprint density at radius 1 is 1.39 bits per heavy atom. The Kier molecular flexibility index (Phi) is 8.13. The van der Waals surface area contributed by atoms with Gasteiger partial charge in [0.25, 0.3) is 0 Å². The Balaban J connectivity index is 2.29. The van der Waals surface area contributed by atoms with Crippen LogP contribution in [0.25, 0.3) is 0 Å². The lowest BCUT2D eigenvalue weighted by atomic mass is 10.1. The molecule has 2 nitrogen and oxygen atoms in total. The second-order valence-corrected chi connectivity index (χ2v) is 7.46. The Morgan fingerprint density at radius 3 is 2.78 bits per heavy atom. The molecule has 2 atom stereocenters. The van der Waals surface area contributed by atoms with Gasteiger partial charge in [-0.05, 0) is 54.0 Å². The van der Waals surface area contributed by atoms with E-state index in [1.807, 2.05) is 12.1 Å². The predicted octanol–water partition coefficient (Wildman–Crippen LogP) is 4.24. The molecule has 0 aliphatic carbocycles. The highest BCUT2D eigenvalue weighted by Crippen LogP contribution is 2.26. The molecule has 0 saturated carbocycles. The van der Waals surface area contributed by atoms with E-state index in [0.29, 0.717) is 0 Å². The van der Waals surface area contributed by atoms with Crippen molar-refractivity contribution in [1.29, 1.82) is 0 Å². The first-order valence-electron chi connectivity index (χ1n) is 6.49. The van der Waals surface area contributed by atoms with Crippen molar-refractivity contribution in [3.05, 3.63) is 32.0 Å². The molecule has 1 aromatic rings. The van der Waals surface area contributed by atoms with Gasteiger partial charge in [-0.25, -0.2) is 0 Å². The van der Waals surface area contributed by atoms with Crippen molar-refractivity contribution < 1.29 is 5.11 Å². The summed E-state index contributed by atoms with van der Waals surface area (Å²) in [7, 11) is 0. The van der Waals surface area contributed by atoms with Crippen LogP contribution in [0.2, 0.25) is 0 Å². The van der Waals surface area contributed by atoms with Gasteiger partial charge in [0.15, 0.2) is 0 Å². The molecule has 102 valence electrons. The number of aliphatic hydroxyl groups excluding tert-OH is 1. The SMILES string of the molecule is CCCCC/C=C\C[C@@H](N)[C@H](O)c1ccc(I)s1. The maximum Gasteiger partial charge on any atom is 0.104 e. The average Bonchev–Trinajstić information content (AvgIpc) is 2.79. The van der Waals surface area contributed by atoms with Gasteiger partial charge in [-0.3, -0.25) is 0 Å². The first-order chi connectivity index (χ1) is 8.65. The summed E-state index contributed by atoms with van der Waals surface area (Å²) in [5.41, 5.74) is 6.00. The zero-order chi connectivity index (χ0) is 13.4. The van der Waals surface area contributed by atoms with E-state index in [4.69, 9.17) is 5.73 Å². The van der Waals surface area contributed by atoms with E-state index in [1.165, 1.54) is 22.1 Å². The van der Waals surface area contributed by atoms with Crippen LogP contribution >= 0.6 is 33.9 Å². The predicted molar refractivity (Wildman–Crippen MR) is 87.9 cm³/mol. The summed E-state index contributed by atoms with van der Waals surface area (Å²) in [6.45, 7) is 2.21. The molecule has 0 bridgehead atoms. The van der Waals surface area contributed by atoms with Gasteiger partial charge in [-0.2, -0.15) is 0 Å². The number of aliphatic hydroxyl groups is 1. The summed E-state index contributed by atoms with van der Waals surface area (Å²) in [4.78, 5) is 0.964. The number of nitrogens with two attached hydrogens (primary N) is 1. The van der Waals surface area contributed by atoms with E-state index >= 15 is 0 Å². The van der Waals surface area contributed by atoms with Gasteiger partial charge < -0.3 is 10.8 Å². The second kappa shape index (κ2) is 9.07. The first-order valence-corrected chi connectivity index (χ1v) is 8.38. The highest BCUT2D eigenvalue weighted by atomic mass is 127. The van der Waals surface area contributed by atoms with Crippen molar-refractivity contribution >= 4 is 33.9 Å². The molecule has 18 heavy (non-hydrogen) atoms. The summed E-state index contributed by atoms with van der Waals surface area (Å²) < 4.78 is 1.18. The lowest BCUT2D eigenvalue weighted by Gasteiger charge is -2.15. The van der Waals surface area contributed by atoms with Crippen LogP contribution in [0.1, 0.15) is 50.0 Å². The van der Waals surface area contributed by atoms with Crippen molar-refractivity contribution in [3.63, 3.8) is 0 Å². The summed E-state index contributed by atoms with van der Waals surface area (Å²) in [5.74, 6) is 0. The van der Waals surface area contributed by atoms with Crippen molar-refractivity contribution in [1.82, 2.24) is 0 Å². The molecule has 3 N–H and O–H groups in total. The number of allylic oxidation sites excluding steroid dienone is 1. The van der Waals surface area contributed by atoms with Crippen molar-refractivity contribution in [2.45, 2.75) is 51.2 Å². The lowest BCUT2D eigenvalue weighted by Crippen LogP contribution is -2.27. The minimum absolute atomic E-state index is 0.207. The molecule has 0 saturated heterocycles. The van der Waals surface area contributed by atoms with Crippen molar-refractivity contribution in [2.75, 3.05) is 0 Å². The van der Waals surface area contributed by atoms with Crippen molar-refractivity contribution in [2.24, 2.45) is 5.73 Å². The lowest BCUT2D eigenvalue weighted by molar-refractivity contribution is 0.151. The standard InChI is InChI=1S/C14H22INOS/c1-2-3-4-5-6-7-8-11(16)14(17)12-9-10-13(15)18-12/h6-7,9-11,14,17H,2-5,8,16H2,1H3/b7-6-/t11-,14+/m1/s1. The molecule has 1 heterocycles. The topological polar surface area (TPSA) is 46.2 Å². The zero-order valence-electron chi connectivity index (χ0n) is 10.8. The molecule has 1 rings (SSSR count). The Hall–Kier alpha value is 0.0900. The molecule has 0 spiro atoms. The average molecular weight is 379 g/mol. The van der Waals surface area contributed by atoms with E-state index in [0.717, 1.165) is 17.7 Å². The van der Waals surface area contributed by atoms with E-state index in [-0.39, 0.29) is 6.04 Å². The van der Waals surface area contributed by atoms with Gasteiger partial charge in [-0.15, -0.1) is 11.3 Å². The third-order valence-corrected chi connectivity index (χ3v) is 4.80. The van der Waals surface area contributed by atoms with Crippen LogP contribution in [0.3, 0.4) is 0 Å². The number of halogens is 1. The molecular formula is C14H22INOS. The minimum Gasteiger partial charge on any atom is -0.386 e. The Bertz CT molecular complexity index is 364. The maximum absolute atomic E-state index is 10.1. The van der Waals surface area contributed by atoms with Gasteiger partial charge in [0.05, 0.1) is 2.88 Å². The van der Waals surface area contributed by atoms with E-state index in [1.54, 1.807) is 11.3 Å². The van der Waals surface area contributed by atoms with Crippen LogP contribution in [0, 0.1) is 2.88 Å². The Morgan fingerprint density at radius 2 is 2.17 bits per heavy atom. The largest absolute Gasteiger partial charge is 0.386 e. The summed E-state index contributed by atoms with van der Waals surface area (Å²) >= 11 is 3.86. The van der Waals surface area contributed by atoms with Gasteiger partial charge >= 0.3 is 0 Å². The summed E-state index contributed by atoms with van der Waals surface area (Å²) in [5, 5.41) is 10.1. The van der Waals surface area contributed by atoms with E-state index in [9.17, 15) is 5.11 Å². The number of hydrogen-bond acceptors (Lipinski definition) is 3. The second-order valence-electron chi connectivity index (χ2n) is 4.45. The van der Waals surface area contributed by atoms with E-state index in [2.05, 4.69) is 41.7 Å².